The molecular weight excluding hydrogens is 246 g/mol. The van der Waals surface area contributed by atoms with Gasteiger partial charge < -0.3 is 10.1 Å². The molecular formula is C18H17NO. The first-order valence-electron chi connectivity index (χ1n) is 6.85. The van der Waals surface area contributed by atoms with Gasteiger partial charge in [-0.15, -0.1) is 6.42 Å². The van der Waals surface area contributed by atoms with Crippen LogP contribution in [0.25, 0.3) is 0 Å². The lowest BCUT2D eigenvalue weighted by molar-refractivity contribution is 0.438. The van der Waals surface area contributed by atoms with E-state index < -0.39 is 0 Å². The van der Waals surface area contributed by atoms with Crippen molar-refractivity contribution < 1.29 is 4.74 Å². The molecule has 2 heteroatoms. The molecule has 1 N–H and O–H groups in total. The van der Waals surface area contributed by atoms with Gasteiger partial charge in [0.05, 0.1) is 6.04 Å². The third-order valence-corrected chi connectivity index (χ3v) is 3.69. The molecule has 2 aromatic carbocycles. The van der Waals surface area contributed by atoms with Crippen molar-refractivity contribution >= 4 is 0 Å². The second-order valence-corrected chi connectivity index (χ2v) is 5.03. The maximum atomic E-state index is 5.97. The van der Waals surface area contributed by atoms with E-state index in [1.54, 1.807) is 0 Å². The van der Waals surface area contributed by atoms with E-state index in [1.807, 2.05) is 43.3 Å². The Balaban J connectivity index is 1.97. The number of benzene rings is 2. The lowest BCUT2D eigenvalue weighted by Gasteiger charge is -2.28. The van der Waals surface area contributed by atoms with Gasteiger partial charge in [-0.1, -0.05) is 42.3 Å². The van der Waals surface area contributed by atoms with E-state index in [-0.39, 0.29) is 12.0 Å². The summed E-state index contributed by atoms with van der Waals surface area (Å²) in [7, 11) is 0. The minimum absolute atomic E-state index is 0.0668. The number of para-hydroxylation sites is 2. The van der Waals surface area contributed by atoms with Gasteiger partial charge in [-0.25, -0.2) is 0 Å². The smallest absolute Gasteiger partial charge is 0.131 e. The van der Waals surface area contributed by atoms with Crippen molar-refractivity contribution in [2.24, 2.45) is 0 Å². The van der Waals surface area contributed by atoms with Gasteiger partial charge in [0.15, 0.2) is 0 Å². The molecule has 0 amide bonds. The fourth-order valence-corrected chi connectivity index (χ4v) is 2.58. The molecule has 1 aliphatic heterocycles. The average molecular weight is 263 g/mol. The molecule has 1 unspecified atom stereocenters. The van der Waals surface area contributed by atoms with Crippen LogP contribution in [0, 0.1) is 12.3 Å². The molecule has 1 atom stereocenters. The summed E-state index contributed by atoms with van der Waals surface area (Å²) in [5.74, 6) is 4.85. The SMILES string of the molecule is C#CC(C)NCC1c2ccccc2Oc2ccccc21. The van der Waals surface area contributed by atoms with Crippen molar-refractivity contribution in [3.8, 4) is 23.8 Å². The van der Waals surface area contributed by atoms with Crippen LogP contribution in [0.2, 0.25) is 0 Å². The predicted octanol–water partition coefficient (Wildman–Crippen LogP) is 3.54. The monoisotopic (exact) mass is 263 g/mol. The summed E-state index contributed by atoms with van der Waals surface area (Å²) in [6.45, 7) is 2.81. The van der Waals surface area contributed by atoms with Gasteiger partial charge in [0.2, 0.25) is 0 Å². The first kappa shape index (κ1) is 12.8. The maximum absolute atomic E-state index is 5.97. The van der Waals surface area contributed by atoms with Crippen LogP contribution in [0.1, 0.15) is 24.0 Å². The highest BCUT2D eigenvalue weighted by Crippen LogP contribution is 2.43. The van der Waals surface area contributed by atoms with Crippen molar-refractivity contribution in [3.63, 3.8) is 0 Å². The van der Waals surface area contributed by atoms with Gasteiger partial charge in [-0.3, -0.25) is 0 Å². The van der Waals surface area contributed by atoms with Crippen LogP contribution < -0.4 is 10.1 Å². The zero-order valence-electron chi connectivity index (χ0n) is 11.5. The van der Waals surface area contributed by atoms with Crippen molar-refractivity contribution in [1.29, 1.82) is 0 Å². The zero-order chi connectivity index (χ0) is 13.9. The molecule has 0 bridgehead atoms. The molecule has 0 aromatic heterocycles. The fourth-order valence-electron chi connectivity index (χ4n) is 2.58. The van der Waals surface area contributed by atoms with Gasteiger partial charge in [-0.2, -0.15) is 0 Å². The van der Waals surface area contributed by atoms with Crippen molar-refractivity contribution in [2.75, 3.05) is 6.54 Å². The maximum Gasteiger partial charge on any atom is 0.131 e. The Labute approximate surface area is 119 Å². The molecule has 20 heavy (non-hydrogen) atoms. The van der Waals surface area contributed by atoms with Crippen LogP contribution in [-0.2, 0) is 0 Å². The lowest BCUT2D eigenvalue weighted by atomic mass is 9.88. The van der Waals surface area contributed by atoms with Crippen LogP contribution in [0.3, 0.4) is 0 Å². The van der Waals surface area contributed by atoms with Gasteiger partial charge in [0.1, 0.15) is 11.5 Å². The van der Waals surface area contributed by atoms with E-state index in [0.717, 1.165) is 18.0 Å². The van der Waals surface area contributed by atoms with Gasteiger partial charge in [0, 0.05) is 23.6 Å². The quantitative estimate of drug-likeness (QED) is 0.855. The number of fused-ring (bicyclic) bond motifs is 2. The van der Waals surface area contributed by atoms with Crippen LogP contribution in [0.5, 0.6) is 11.5 Å². The normalized spacial score (nSPS) is 14.6. The second kappa shape index (κ2) is 5.40. The summed E-state index contributed by atoms with van der Waals surface area (Å²) in [5, 5.41) is 3.39. The highest BCUT2D eigenvalue weighted by Gasteiger charge is 2.26. The van der Waals surface area contributed by atoms with E-state index in [4.69, 9.17) is 11.2 Å². The van der Waals surface area contributed by atoms with Crippen molar-refractivity contribution in [2.45, 2.75) is 18.9 Å². The number of ether oxygens (including phenoxy) is 1. The molecule has 2 aromatic rings. The van der Waals surface area contributed by atoms with E-state index in [0.29, 0.717) is 0 Å². The van der Waals surface area contributed by atoms with Crippen molar-refractivity contribution in [1.82, 2.24) is 5.32 Å². The first-order valence-corrected chi connectivity index (χ1v) is 6.85. The van der Waals surface area contributed by atoms with Gasteiger partial charge >= 0.3 is 0 Å². The Kier molecular flexibility index (Phi) is 3.45. The minimum Gasteiger partial charge on any atom is -0.457 e. The Morgan fingerprint density at radius 3 is 2.20 bits per heavy atom. The van der Waals surface area contributed by atoms with E-state index in [9.17, 15) is 0 Å². The minimum atomic E-state index is 0.0668. The van der Waals surface area contributed by atoms with E-state index in [2.05, 4.69) is 23.4 Å². The topological polar surface area (TPSA) is 21.3 Å². The molecule has 0 saturated carbocycles. The molecule has 0 fully saturated rings. The molecule has 3 rings (SSSR count). The number of rotatable bonds is 3. The Morgan fingerprint density at radius 2 is 1.65 bits per heavy atom. The van der Waals surface area contributed by atoms with Crippen LogP contribution >= 0.6 is 0 Å². The van der Waals surface area contributed by atoms with E-state index in [1.165, 1.54) is 11.1 Å². The van der Waals surface area contributed by atoms with Crippen LogP contribution in [0.15, 0.2) is 48.5 Å². The molecule has 0 saturated heterocycles. The molecule has 1 aliphatic rings. The molecule has 100 valence electrons. The number of hydrogen-bond donors (Lipinski definition) is 1. The largest absolute Gasteiger partial charge is 0.457 e. The molecule has 2 nitrogen and oxygen atoms in total. The number of terminal acetylenes is 1. The van der Waals surface area contributed by atoms with Gasteiger partial charge in [0.25, 0.3) is 0 Å². The Morgan fingerprint density at radius 1 is 1.10 bits per heavy atom. The third kappa shape index (κ3) is 2.29. The molecule has 0 spiro atoms. The summed E-state index contributed by atoms with van der Waals surface area (Å²) in [6.07, 6.45) is 5.44. The van der Waals surface area contributed by atoms with Crippen LogP contribution in [-0.4, -0.2) is 12.6 Å². The number of nitrogens with one attached hydrogen (secondary N) is 1. The summed E-state index contributed by atoms with van der Waals surface area (Å²) in [4.78, 5) is 0. The molecule has 1 heterocycles. The summed E-state index contributed by atoms with van der Waals surface area (Å²) < 4.78 is 5.97. The Hall–Kier alpha value is -2.24. The lowest BCUT2D eigenvalue weighted by Crippen LogP contribution is -2.30. The first-order chi connectivity index (χ1) is 9.79. The Bertz CT molecular complexity index is 611. The van der Waals surface area contributed by atoms with E-state index >= 15 is 0 Å². The predicted molar refractivity (Wildman–Crippen MR) is 81.1 cm³/mol. The zero-order valence-corrected chi connectivity index (χ0v) is 11.5. The third-order valence-electron chi connectivity index (χ3n) is 3.69. The van der Waals surface area contributed by atoms with Crippen molar-refractivity contribution in [3.05, 3.63) is 59.7 Å². The summed E-state index contributed by atoms with van der Waals surface area (Å²) in [5.41, 5.74) is 2.42. The summed E-state index contributed by atoms with van der Waals surface area (Å²) in [6, 6.07) is 16.4. The molecule has 0 radical (unpaired) electrons. The van der Waals surface area contributed by atoms with Crippen LogP contribution in [0.4, 0.5) is 0 Å². The average Bonchev–Trinajstić information content (AvgIpc) is 2.51. The highest BCUT2D eigenvalue weighted by atomic mass is 16.5. The summed E-state index contributed by atoms with van der Waals surface area (Å²) >= 11 is 0. The highest BCUT2D eigenvalue weighted by molar-refractivity contribution is 5.53. The fraction of sp³-hybridized carbons (Fsp3) is 0.222. The van der Waals surface area contributed by atoms with Gasteiger partial charge in [-0.05, 0) is 19.1 Å². The second-order valence-electron chi connectivity index (χ2n) is 5.03. The standard InChI is InChI=1S/C18H17NO/c1-3-13(2)19-12-16-14-8-4-6-10-17(14)20-18-11-7-5-9-15(16)18/h1,4-11,13,16,19H,12H2,2H3. The molecule has 0 aliphatic carbocycles. The number of hydrogen-bond acceptors (Lipinski definition) is 2.